The Morgan fingerprint density at radius 3 is 2.42 bits per heavy atom. The maximum Gasteiger partial charge on any atom is 0.337 e. The summed E-state index contributed by atoms with van der Waals surface area (Å²) in [6, 6.07) is 2.21. The summed E-state index contributed by atoms with van der Waals surface area (Å²) < 4.78 is 24.2. The fraction of sp³-hybridized carbons (Fsp3) is 0.182. The van der Waals surface area contributed by atoms with Crippen LogP contribution in [0.2, 0.25) is 10.0 Å². The molecule has 0 aliphatic heterocycles. The van der Waals surface area contributed by atoms with Crippen LogP contribution < -0.4 is 0 Å². The molecule has 1 rings (SSSR count). The van der Waals surface area contributed by atoms with Crippen LogP contribution in [0, 0.1) is 0 Å². The molecule has 19 heavy (non-hydrogen) atoms. The summed E-state index contributed by atoms with van der Waals surface area (Å²) in [5.74, 6) is -1.72. The Balaban J connectivity index is 3.47. The third-order valence-corrected chi connectivity index (χ3v) is 5.11. The number of rotatable bonds is 4. The molecule has 1 N–H and O–H groups in total. The van der Waals surface area contributed by atoms with Crippen LogP contribution in [0.3, 0.4) is 0 Å². The summed E-state index contributed by atoms with van der Waals surface area (Å²) >= 11 is 16.9. The molecule has 0 spiro atoms. The average Bonchev–Trinajstić information content (AvgIpc) is 2.30. The Morgan fingerprint density at radius 2 is 1.95 bits per heavy atom. The maximum absolute atomic E-state index is 12.1. The molecule has 0 saturated carbocycles. The molecule has 0 atom stereocenters. The van der Waals surface area contributed by atoms with Crippen LogP contribution in [0.5, 0.6) is 0 Å². The summed E-state index contributed by atoms with van der Waals surface area (Å²) in [6.07, 6.45) is 0. The van der Waals surface area contributed by atoms with Gasteiger partial charge in [-0.25, -0.2) is 13.2 Å². The fourth-order valence-corrected chi connectivity index (χ4v) is 3.88. The van der Waals surface area contributed by atoms with E-state index in [0.717, 1.165) is 17.7 Å². The monoisotopic (exact) mass is 342 g/mol. The molecule has 0 bridgehead atoms. The van der Waals surface area contributed by atoms with Crippen molar-refractivity contribution in [2.45, 2.75) is 11.8 Å². The molecule has 104 valence electrons. The summed E-state index contributed by atoms with van der Waals surface area (Å²) in [7, 11) is -3.81. The van der Waals surface area contributed by atoms with E-state index in [2.05, 4.69) is 0 Å². The Kier molecular flexibility index (Phi) is 5.26. The number of benzene rings is 1. The highest BCUT2D eigenvalue weighted by atomic mass is 35.5. The van der Waals surface area contributed by atoms with Crippen molar-refractivity contribution in [3.63, 3.8) is 0 Å². The molecule has 0 aliphatic rings. The van der Waals surface area contributed by atoms with E-state index >= 15 is 0 Å². The summed E-state index contributed by atoms with van der Waals surface area (Å²) in [5.41, 5.74) is 1.17. The molecule has 8 heteroatoms. The number of aromatic carboxylic acids is 1. The number of hydrogen-bond donors (Lipinski definition) is 1. The topological polar surface area (TPSA) is 71.4 Å². The van der Waals surface area contributed by atoms with E-state index < -0.39 is 15.8 Å². The van der Waals surface area contributed by atoms with Gasteiger partial charge in [0.05, 0.1) is 21.2 Å². The van der Waals surface area contributed by atoms with Gasteiger partial charge in [-0.05, 0) is 24.6 Å². The van der Waals surface area contributed by atoms with Crippen molar-refractivity contribution in [3.05, 3.63) is 38.8 Å². The third kappa shape index (κ3) is 3.86. The first-order chi connectivity index (χ1) is 8.69. The summed E-state index contributed by atoms with van der Waals surface area (Å²) in [5, 5.41) is 8.56. The molecule has 1 aromatic carbocycles. The molecule has 0 aromatic heterocycles. The third-order valence-electron chi connectivity index (χ3n) is 2.17. The van der Waals surface area contributed by atoms with Crippen LogP contribution >= 0.6 is 34.8 Å². The number of carboxylic acids is 1. The lowest BCUT2D eigenvalue weighted by Crippen LogP contribution is -2.10. The fourth-order valence-electron chi connectivity index (χ4n) is 1.36. The smallest absolute Gasteiger partial charge is 0.337 e. The number of carbonyl (C=O) groups is 1. The molecular weight excluding hydrogens is 335 g/mol. The minimum absolute atomic E-state index is 0.0205. The highest BCUT2D eigenvalue weighted by Gasteiger charge is 2.24. The van der Waals surface area contributed by atoms with Gasteiger partial charge >= 0.3 is 5.97 Å². The zero-order chi connectivity index (χ0) is 14.8. The minimum Gasteiger partial charge on any atom is -0.478 e. The second-order valence-corrected chi connectivity index (χ2v) is 6.78. The quantitative estimate of drug-likeness (QED) is 0.906. The second kappa shape index (κ2) is 6.13. The van der Waals surface area contributed by atoms with Crippen molar-refractivity contribution in [1.82, 2.24) is 0 Å². The Bertz CT molecular complexity index is 650. The highest BCUT2D eigenvalue weighted by Crippen LogP contribution is 2.31. The predicted octanol–water partition coefficient (Wildman–Crippen LogP) is 3.61. The molecule has 0 unspecified atom stereocenters. The van der Waals surface area contributed by atoms with Gasteiger partial charge in [-0.15, -0.1) is 0 Å². The Hall–Kier alpha value is -0.750. The Labute approximate surface area is 125 Å². The molecule has 4 nitrogen and oxygen atoms in total. The number of hydrogen-bond acceptors (Lipinski definition) is 3. The molecule has 1 aromatic rings. The van der Waals surface area contributed by atoms with Gasteiger partial charge in [0.2, 0.25) is 0 Å². The predicted molar refractivity (Wildman–Crippen MR) is 75.1 cm³/mol. The molecule has 0 radical (unpaired) electrons. The van der Waals surface area contributed by atoms with E-state index in [4.69, 9.17) is 39.9 Å². The van der Waals surface area contributed by atoms with Gasteiger partial charge in [-0.3, -0.25) is 0 Å². The van der Waals surface area contributed by atoms with Gasteiger partial charge in [-0.2, -0.15) is 0 Å². The van der Waals surface area contributed by atoms with E-state index in [1.807, 2.05) is 0 Å². The lowest BCUT2D eigenvalue weighted by molar-refractivity contribution is 0.0697. The molecule has 0 saturated heterocycles. The maximum atomic E-state index is 12.1. The molecule has 0 aliphatic carbocycles. The average molecular weight is 344 g/mol. The van der Waals surface area contributed by atoms with Crippen molar-refractivity contribution < 1.29 is 18.3 Å². The normalized spacial score (nSPS) is 12.5. The molecular formula is C11H9Cl3O4S. The van der Waals surface area contributed by atoms with Gasteiger partial charge < -0.3 is 5.11 Å². The van der Waals surface area contributed by atoms with Crippen LogP contribution in [0.15, 0.2) is 28.1 Å². The van der Waals surface area contributed by atoms with Crippen molar-refractivity contribution in [3.8, 4) is 0 Å². The van der Waals surface area contributed by atoms with E-state index in [1.54, 1.807) is 0 Å². The van der Waals surface area contributed by atoms with E-state index in [9.17, 15) is 13.2 Å². The largest absolute Gasteiger partial charge is 0.478 e. The standard InChI is InChI=1S/C11H9Cl3O4S/c1-6(4-12)5-19(17,18)9-3-7(13)2-8(10(9)14)11(15)16/h2-4H,5H2,1H3,(H,15,16)/b6-4-. The van der Waals surface area contributed by atoms with E-state index in [1.165, 1.54) is 6.92 Å². The first-order valence-corrected chi connectivity index (χ1v) is 7.74. The number of halogens is 3. The molecule has 0 heterocycles. The number of sulfone groups is 1. The van der Waals surface area contributed by atoms with Gasteiger partial charge in [0.25, 0.3) is 0 Å². The minimum atomic E-state index is -3.81. The van der Waals surface area contributed by atoms with Crippen molar-refractivity contribution in [2.24, 2.45) is 0 Å². The zero-order valence-electron chi connectivity index (χ0n) is 9.65. The molecule has 0 fully saturated rings. The SMILES string of the molecule is C/C(=C/Cl)CS(=O)(=O)c1cc(Cl)cc(C(=O)O)c1Cl. The highest BCUT2D eigenvalue weighted by molar-refractivity contribution is 7.91. The van der Waals surface area contributed by atoms with Crippen LogP contribution in [0.4, 0.5) is 0 Å². The van der Waals surface area contributed by atoms with Crippen LogP contribution in [-0.4, -0.2) is 25.2 Å². The summed E-state index contributed by atoms with van der Waals surface area (Å²) in [4.78, 5) is 10.6. The first-order valence-electron chi connectivity index (χ1n) is 4.90. The van der Waals surface area contributed by atoms with Crippen LogP contribution in [-0.2, 0) is 9.84 Å². The van der Waals surface area contributed by atoms with Gasteiger partial charge in [0.15, 0.2) is 9.84 Å². The summed E-state index contributed by atoms with van der Waals surface area (Å²) in [6.45, 7) is 1.53. The number of carboxylic acid groups (broad SMARTS) is 1. The second-order valence-electron chi connectivity index (χ2n) is 3.79. The van der Waals surface area contributed by atoms with Crippen LogP contribution in [0.1, 0.15) is 17.3 Å². The molecule has 0 amide bonds. The lowest BCUT2D eigenvalue weighted by Gasteiger charge is -2.09. The van der Waals surface area contributed by atoms with E-state index in [0.29, 0.717) is 5.57 Å². The van der Waals surface area contributed by atoms with Gasteiger partial charge in [0, 0.05) is 10.6 Å². The Morgan fingerprint density at radius 1 is 1.37 bits per heavy atom. The van der Waals surface area contributed by atoms with E-state index in [-0.39, 0.29) is 26.3 Å². The zero-order valence-corrected chi connectivity index (χ0v) is 12.7. The van der Waals surface area contributed by atoms with Crippen molar-refractivity contribution in [2.75, 3.05) is 5.75 Å². The van der Waals surface area contributed by atoms with Gasteiger partial charge in [-0.1, -0.05) is 34.8 Å². The van der Waals surface area contributed by atoms with Crippen molar-refractivity contribution in [1.29, 1.82) is 0 Å². The lowest BCUT2D eigenvalue weighted by atomic mass is 10.2. The van der Waals surface area contributed by atoms with Gasteiger partial charge in [0.1, 0.15) is 0 Å². The van der Waals surface area contributed by atoms with Crippen LogP contribution in [0.25, 0.3) is 0 Å². The first kappa shape index (κ1) is 16.3. The van der Waals surface area contributed by atoms with Crippen molar-refractivity contribution >= 4 is 50.6 Å².